The minimum atomic E-state index is -4.37. The molecule has 0 unspecified atom stereocenters. The van der Waals surface area contributed by atoms with E-state index in [4.69, 9.17) is 5.26 Å². The Balaban J connectivity index is 2.56. The van der Waals surface area contributed by atoms with Gasteiger partial charge in [-0.25, -0.2) is 4.98 Å². The number of aryl methyl sites for hydroxylation is 1. The second-order valence-corrected chi connectivity index (χ2v) is 5.94. The van der Waals surface area contributed by atoms with Crippen LogP contribution in [0.4, 0.5) is 13.2 Å². The van der Waals surface area contributed by atoms with Crippen molar-refractivity contribution in [2.24, 2.45) is 0 Å². The standard InChI is InChI=1S/C14H14F3N3S/c1-3-6-20-12-7-10(14(15,16)17)4-5-11(12)19-13(20)21-9(2)8-18/h4-5,7,9H,3,6H2,1-2H3/t9-/m1/s1. The molecule has 0 spiro atoms. The third-order valence-electron chi connectivity index (χ3n) is 2.95. The lowest BCUT2D eigenvalue weighted by Gasteiger charge is -2.10. The molecule has 1 aromatic carbocycles. The predicted octanol–water partition coefficient (Wildman–Crippen LogP) is 4.47. The van der Waals surface area contributed by atoms with Crippen LogP contribution in [0.25, 0.3) is 11.0 Å². The summed E-state index contributed by atoms with van der Waals surface area (Å²) in [6, 6.07) is 5.63. The zero-order valence-electron chi connectivity index (χ0n) is 11.6. The third-order valence-corrected chi connectivity index (χ3v) is 3.93. The van der Waals surface area contributed by atoms with Crippen LogP contribution in [-0.2, 0) is 12.7 Å². The maximum atomic E-state index is 12.8. The van der Waals surface area contributed by atoms with Crippen molar-refractivity contribution in [3.8, 4) is 6.07 Å². The molecule has 2 rings (SSSR count). The topological polar surface area (TPSA) is 41.6 Å². The van der Waals surface area contributed by atoms with Crippen molar-refractivity contribution in [1.29, 1.82) is 5.26 Å². The lowest BCUT2D eigenvalue weighted by atomic mass is 10.2. The summed E-state index contributed by atoms with van der Waals surface area (Å²) in [6.45, 7) is 4.25. The Kier molecular flexibility index (Phi) is 4.47. The number of benzene rings is 1. The van der Waals surface area contributed by atoms with Crippen molar-refractivity contribution < 1.29 is 13.2 Å². The molecule has 0 saturated heterocycles. The zero-order valence-corrected chi connectivity index (χ0v) is 12.4. The molecule has 0 aliphatic carbocycles. The van der Waals surface area contributed by atoms with E-state index in [0.717, 1.165) is 18.6 Å². The number of rotatable bonds is 4. The van der Waals surface area contributed by atoms with Crippen LogP contribution >= 0.6 is 11.8 Å². The van der Waals surface area contributed by atoms with Crippen LogP contribution in [0.3, 0.4) is 0 Å². The summed E-state index contributed by atoms with van der Waals surface area (Å²) < 4.78 is 40.2. The number of halogens is 3. The number of thioether (sulfide) groups is 1. The lowest BCUT2D eigenvalue weighted by molar-refractivity contribution is -0.137. The lowest BCUT2D eigenvalue weighted by Crippen LogP contribution is -2.06. The van der Waals surface area contributed by atoms with Crippen LogP contribution in [0.5, 0.6) is 0 Å². The third kappa shape index (κ3) is 3.32. The van der Waals surface area contributed by atoms with E-state index in [9.17, 15) is 13.2 Å². The molecule has 0 radical (unpaired) electrons. The predicted molar refractivity (Wildman–Crippen MR) is 76.0 cm³/mol. The van der Waals surface area contributed by atoms with Crippen molar-refractivity contribution in [3.63, 3.8) is 0 Å². The summed E-state index contributed by atoms with van der Waals surface area (Å²) in [5.41, 5.74) is 0.292. The molecule has 3 nitrogen and oxygen atoms in total. The monoisotopic (exact) mass is 313 g/mol. The van der Waals surface area contributed by atoms with Crippen LogP contribution in [0, 0.1) is 11.3 Å². The molecular weight excluding hydrogens is 299 g/mol. The summed E-state index contributed by atoms with van der Waals surface area (Å²) in [6.07, 6.45) is -3.60. The minimum Gasteiger partial charge on any atom is -0.319 e. The van der Waals surface area contributed by atoms with Gasteiger partial charge in [0.05, 0.1) is 27.9 Å². The normalized spacial score (nSPS) is 13.3. The van der Waals surface area contributed by atoms with Gasteiger partial charge in [-0.05, 0) is 31.5 Å². The highest BCUT2D eigenvalue weighted by Crippen LogP contribution is 2.33. The Hall–Kier alpha value is -1.68. The van der Waals surface area contributed by atoms with E-state index >= 15 is 0 Å². The van der Waals surface area contributed by atoms with Gasteiger partial charge in [0.1, 0.15) is 0 Å². The van der Waals surface area contributed by atoms with Gasteiger partial charge in [-0.2, -0.15) is 18.4 Å². The Morgan fingerprint density at radius 3 is 2.71 bits per heavy atom. The first-order valence-corrected chi connectivity index (χ1v) is 7.38. The fraction of sp³-hybridized carbons (Fsp3) is 0.429. The number of hydrogen-bond acceptors (Lipinski definition) is 3. The van der Waals surface area contributed by atoms with Gasteiger partial charge in [0.2, 0.25) is 0 Å². The van der Waals surface area contributed by atoms with E-state index in [1.165, 1.54) is 17.8 Å². The van der Waals surface area contributed by atoms with Gasteiger partial charge in [-0.1, -0.05) is 18.7 Å². The number of alkyl halides is 3. The molecule has 1 atom stereocenters. The van der Waals surface area contributed by atoms with Gasteiger partial charge >= 0.3 is 6.18 Å². The fourth-order valence-corrected chi connectivity index (χ4v) is 2.83. The smallest absolute Gasteiger partial charge is 0.319 e. The van der Waals surface area contributed by atoms with Gasteiger partial charge in [-0.3, -0.25) is 0 Å². The first kappa shape index (κ1) is 15.7. The Morgan fingerprint density at radius 1 is 1.43 bits per heavy atom. The Labute approximate surface area is 124 Å². The van der Waals surface area contributed by atoms with E-state index in [2.05, 4.69) is 11.1 Å². The zero-order chi connectivity index (χ0) is 15.6. The first-order chi connectivity index (χ1) is 9.86. The molecule has 0 bridgehead atoms. The molecule has 0 aliphatic rings. The number of hydrogen-bond donors (Lipinski definition) is 0. The van der Waals surface area contributed by atoms with Crippen molar-refractivity contribution in [3.05, 3.63) is 23.8 Å². The molecule has 0 amide bonds. The van der Waals surface area contributed by atoms with Gasteiger partial charge < -0.3 is 4.57 Å². The van der Waals surface area contributed by atoms with Gasteiger partial charge in [0, 0.05) is 6.54 Å². The van der Waals surface area contributed by atoms with Crippen molar-refractivity contribution in [2.75, 3.05) is 0 Å². The number of nitriles is 1. The van der Waals surface area contributed by atoms with E-state index in [1.807, 2.05) is 6.92 Å². The molecule has 1 heterocycles. The molecule has 0 aliphatic heterocycles. The van der Waals surface area contributed by atoms with Gasteiger partial charge in [-0.15, -0.1) is 0 Å². The highest BCUT2D eigenvalue weighted by molar-refractivity contribution is 8.00. The van der Waals surface area contributed by atoms with Gasteiger partial charge in [0.15, 0.2) is 5.16 Å². The summed E-state index contributed by atoms with van der Waals surface area (Å²) in [5, 5.41) is 9.16. The molecular formula is C14H14F3N3S. The molecule has 0 fully saturated rings. The van der Waals surface area contributed by atoms with E-state index in [0.29, 0.717) is 22.7 Å². The van der Waals surface area contributed by atoms with Crippen LogP contribution in [0.1, 0.15) is 25.8 Å². The van der Waals surface area contributed by atoms with Crippen LogP contribution in [0.15, 0.2) is 23.4 Å². The molecule has 7 heteroatoms. The second kappa shape index (κ2) is 5.98. The van der Waals surface area contributed by atoms with Crippen LogP contribution < -0.4 is 0 Å². The maximum Gasteiger partial charge on any atom is 0.416 e. The SMILES string of the molecule is CCCn1c(S[C@H](C)C#N)nc2ccc(C(F)(F)F)cc21. The molecule has 1 aromatic heterocycles. The molecule has 112 valence electrons. The molecule has 2 aromatic rings. The van der Waals surface area contributed by atoms with E-state index < -0.39 is 11.7 Å². The van der Waals surface area contributed by atoms with Crippen molar-refractivity contribution in [1.82, 2.24) is 9.55 Å². The van der Waals surface area contributed by atoms with Gasteiger partial charge in [0.25, 0.3) is 0 Å². The average Bonchev–Trinajstić information content (AvgIpc) is 2.75. The van der Waals surface area contributed by atoms with E-state index in [-0.39, 0.29) is 5.25 Å². The maximum absolute atomic E-state index is 12.8. The fourth-order valence-electron chi connectivity index (χ4n) is 1.99. The highest BCUT2D eigenvalue weighted by Gasteiger charge is 2.31. The molecule has 0 N–H and O–H groups in total. The summed E-state index contributed by atoms with van der Waals surface area (Å²) in [4.78, 5) is 4.35. The first-order valence-electron chi connectivity index (χ1n) is 6.50. The number of nitrogens with zero attached hydrogens (tertiary/aromatic N) is 3. The number of aromatic nitrogens is 2. The number of fused-ring (bicyclic) bond motifs is 1. The number of imidazole rings is 1. The summed E-state index contributed by atoms with van der Waals surface area (Å²) >= 11 is 1.26. The largest absolute Gasteiger partial charge is 0.416 e. The van der Waals surface area contributed by atoms with Crippen molar-refractivity contribution in [2.45, 2.75) is 43.4 Å². The Bertz CT molecular complexity index is 685. The van der Waals surface area contributed by atoms with Crippen LogP contribution in [-0.4, -0.2) is 14.8 Å². The van der Waals surface area contributed by atoms with Crippen molar-refractivity contribution >= 4 is 22.8 Å². The van der Waals surface area contributed by atoms with Crippen LogP contribution in [0.2, 0.25) is 0 Å². The average molecular weight is 313 g/mol. The Morgan fingerprint density at radius 2 is 2.14 bits per heavy atom. The highest BCUT2D eigenvalue weighted by atomic mass is 32.2. The summed E-state index contributed by atoms with van der Waals surface area (Å²) in [5.74, 6) is 0. The minimum absolute atomic E-state index is 0.306. The van der Waals surface area contributed by atoms with E-state index in [1.54, 1.807) is 11.5 Å². The molecule has 21 heavy (non-hydrogen) atoms. The second-order valence-electron chi connectivity index (χ2n) is 4.64. The quantitative estimate of drug-likeness (QED) is 0.782. The molecule has 0 saturated carbocycles. The summed E-state index contributed by atoms with van der Waals surface area (Å²) in [7, 11) is 0.